The molecule has 0 unspecified atom stereocenters. The van der Waals surface area contributed by atoms with Gasteiger partial charge in [0.2, 0.25) is 0 Å². The summed E-state index contributed by atoms with van der Waals surface area (Å²) in [7, 11) is 0. The van der Waals surface area contributed by atoms with Crippen molar-refractivity contribution in [2.75, 3.05) is 25.2 Å². The number of aromatic nitrogens is 2. The number of nitrogens with one attached hydrogen (secondary N) is 2. The number of fused-ring (bicyclic) bond motifs is 1. The molecule has 4 heterocycles. The van der Waals surface area contributed by atoms with Gasteiger partial charge in [0.15, 0.2) is 11.6 Å². The molecule has 0 saturated heterocycles. The van der Waals surface area contributed by atoms with Gasteiger partial charge in [-0.05, 0) is 67.1 Å². The molecule has 1 aliphatic heterocycles. The van der Waals surface area contributed by atoms with Crippen LogP contribution in [-0.4, -0.2) is 52.6 Å². The largest absolute Gasteiger partial charge is 0.492 e. The Labute approximate surface area is 245 Å². The molecule has 212 valence electrons. The highest BCUT2D eigenvalue weighted by atomic mass is 32.1. The summed E-state index contributed by atoms with van der Waals surface area (Å²) in [6.45, 7) is 6.66. The van der Waals surface area contributed by atoms with Crippen LogP contribution in [0.15, 0.2) is 53.4 Å². The zero-order chi connectivity index (χ0) is 28.9. The average molecular weight is 592 g/mol. The van der Waals surface area contributed by atoms with Crippen LogP contribution in [0.2, 0.25) is 0 Å². The molecule has 1 aromatic carbocycles. The van der Waals surface area contributed by atoms with Crippen LogP contribution in [0, 0.1) is 6.92 Å². The molecular formula is C29H29N5O5S2. The van der Waals surface area contributed by atoms with E-state index in [-0.39, 0.29) is 0 Å². The third-order valence-electron chi connectivity index (χ3n) is 6.34. The molecule has 0 aliphatic carbocycles. The van der Waals surface area contributed by atoms with Crippen molar-refractivity contribution < 1.29 is 23.9 Å². The lowest BCUT2D eigenvalue weighted by molar-refractivity contribution is -0.135. The second-order valence-corrected chi connectivity index (χ2v) is 11.3. The van der Waals surface area contributed by atoms with Crippen molar-refractivity contribution in [3.63, 3.8) is 0 Å². The van der Waals surface area contributed by atoms with Crippen LogP contribution in [0.4, 0.5) is 10.6 Å². The molecule has 10 nitrogen and oxygen atoms in total. The number of hydrazine groups is 1. The summed E-state index contributed by atoms with van der Waals surface area (Å²) < 4.78 is 10.8. The number of anilines is 1. The standard InChI is InChI=1S/C29H29N5O5S2/c1-4-5-13-39-29(37)30-12-14-38-20-10-8-19(9-11-20)24-18(3)23-26(33-34-22(35)16-17(2)28(34)36)31-25(32-27(23)41-24)21-7-6-15-40-21/h6-11,15-16H,4-5,12-14H2,1-3H3,(H,30,37)(H,31,32,33). The fraction of sp³-hybridized carbons (Fsp3) is 0.276. The van der Waals surface area contributed by atoms with E-state index in [4.69, 9.17) is 19.4 Å². The second-order valence-electron chi connectivity index (χ2n) is 9.32. The number of imide groups is 1. The van der Waals surface area contributed by atoms with Gasteiger partial charge >= 0.3 is 6.09 Å². The first-order valence-electron chi connectivity index (χ1n) is 13.2. The van der Waals surface area contributed by atoms with E-state index >= 15 is 0 Å². The first-order valence-corrected chi connectivity index (χ1v) is 14.9. The van der Waals surface area contributed by atoms with E-state index in [1.807, 2.05) is 55.6 Å². The first kappa shape index (κ1) is 28.2. The molecule has 4 aromatic rings. The zero-order valence-corrected chi connectivity index (χ0v) is 24.5. The number of carbonyl (C=O) groups excluding carboxylic acids is 3. The number of alkyl carbamates (subject to hydrolysis) is 1. The van der Waals surface area contributed by atoms with Gasteiger partial charge in [0.05, 0.1) is 23.4 Å². The predicted octanol–water partition coefficient (Wildman–Crippen LogP) is 5.94. The van der Waals surface area contributed by atoms with Gasteiger partial charge in [-0.1, -0.05) is 19.4 Å². The summed E-state index contributed by atoms with van der Waals surface area (Å²) in [4.78, 5) is 48.8. The normalized spacial score (nSPS) is 13.0. The number of amides is 3. The highest BCUT2D eigenvalue weighted by molar-refractivity contribution is 7.22. The molecule has 41 heavy (non-hydrogen) atoms. The maximum atomic E-state index is 12.6. The molecule has 1 aliphatic rings. The number of thiophene rings is 2. The lowest BCUT2D eigenvalue weighted by Gasteiger charge is -2.17. The molecule has 0 radical (unpaired) electrons. The molecule has 5 rings (SSSR count). The molecule has 0 fully saturated rings. The third kappa shape index (κ3) is 6.23. The molecule has 3 amide bonds. The van der Waals surface area contributed by atoms with Gasteiger partial charge in [0.25, 0.3) is 11.8 Å². The number of hydrogen-bond acceptors (Lipinski definition) is 10. The molecule has 0 bridgehead atoms. The smallest absolute Gasteiger partial charge is 0.407 e. The minimum atomic E-state index is -0.443. The predicted molar refractivity (Wildman–Crippen MR) is 160 cm³/mol. The van der Waals surface area contributed by atoms with E-state index in [2.05, 4.69) is 10.7 Å². The maximum Gasteiger partial charge on any atom is 0.407 e. The lowest BCUT2D eigenvalue weighted by atomic mass is 10.1. The van der Waals surface area contributed by atoms with E-state index in [1.165, 1.54) is 28.7 Å². The van der Waals surface area contributed by atoms with Crippen LogP contribution in [0.1, 0.15) is 32.3 Å². The second kappa shape index (κ2) is 12.5. The Morgan fingerprint density at radius 2 is 1.88 bits per heavy atom. The number of hydrogen-bond donors (Lipinski definition) is 2. The van der Waals surface area contributed by atoms with Crippen LogP contribution in [0.5, 0.6) is 5.75 Å². The van der Waals surface area contributed by atoms with Crippen molar-refractivity contribution >= 4 is 56.6 Å². The summed E-state index contributed by atoms with van der Waals surface area (Å²) in [5.41, 5.74) is 5.21. The average Bonchev–Trinajstić information content (AvgIpc) is 3.67. The Hall–Kier alpha value is -4.29. The van der Waals surface area contributed by atoms with Crippen molar-refractivity contribution in [2.24, 2.45) is 0 Å². The highest BCUT2D eigenvalue weighted by Crippen LogP contribution is 2.42. The van der Waals surface area contributed by atoms with Crippen LogP contribution in [0.25, 0.3) is 31.4 Å². The number of aryl methyl sites for hydroxylation is 1. The summed E-state index contributed by atoms with van der Waals surface area (Å²) in [5, 5.41) is 6.35. The Morgan fingerprint density at radius 3 is 2.56 bits per heavy atom. The van der Waals surface area contributed by atoms with Gasteiger partial charge in [-0.25, -0.2) is 14.8 Å². The number of ether oxygens (including phenoxy) is 2. The van der Waals surface area contributed by atoms with Gasteiger partial charge in [0.1, 0.15) is 17.2 Å². The van der Waals surface area contributed by atoms with Gasteiger partial charge < -0.3 is 14.8 Å². The highest BCUT2D eigenvalue weighted by Gasteiger charge is 2.30. The van der Waals surface area contributed by atoms with E-state index < -0.39 is 17.9 Å². The van der Waals surface area contributed by atoms with Gasteiger partial charge in [-0.15, -0.1) is 22.7 Å². The SMILES string of the molecule is CCCCOC(=O)NCCOc1ccc(-c2sc3nc(-c4cccs4)nc(NN4C(=O)C=C(C)C4=O)c3c2C)cc1. The van der Waals surface area contributed by atoms with Gasteiger partial charge in [-0.3, -0.25) is 15.0 Å². The Bertz CT molecular complexity index is 1610. The van der Waals surface area contributed by atoms with E-state index in [0.717, 1.165) is 48.9 Å². The number of rotatable bonds is 11. The number of benzene rings is 1. The van der Waals surface area contributed by atoms with Crippen LogP contribution >= 0.6 is 22.7 Å². The van der Waals surface area contributed by atoms with Crippen LogP contribution < -0.4 is 15.5 Å². The van der Waals surface area contributed by atoms with E-state index in [9.17, 15) is 14.4 Å². The third-order valence-corrected chi connectivity index (χ3v) is 8.44. The lowest BCUT2D eigenvalue weighted by Crippen LogP contribution is -2.36. The fourth-order valence-electron chi connectivity index (χ4n) is 4.20. The Balaban J connectivity index is 1.36. The topological polar surface area (TPSA) is 123 Å². The summed E-state index contributed by atoms with van der Waals surface area (Å²) >= 11 is 3.02. The number of carbonyl (C=O) groups is 3. The van der Waals surface area contributed by atoms with Crippen LogP contribution in [-0.2, 0) is 14.3 Å². The number of unbranched alkanes of at least 4 members (excludes halogenated alkanes) is 1. The van der Waals surface area contributed by atoms with Crippen LogP contribution in [0.3, 0.4) is 0 Å². The van der Waals surface area contributed by atoms with Gasteiger partial charge in [0, 0.05) is 16.5 Å². The van der Waals surface area contributed by atoms with Crippen molar-refractivity contribution in [1.82, 2.24) is 20.3 Å². The summed E-state index contributed by atoms with van der Waals surface area (Å²) in [6.07, 6.45) is 2.66. The first-order chi connectivity index (χ1) is 19.9. The molecule has 3 aromatic heterocycles. The zero-order valence-electron chi connectivity index (χ0n) is 22.9. The van der Waals surface area contributed by atoms with Crippen molar-refractivity contribution in [1.29, 1.82) is 0 Å². The molecule has 0 atom stereocenters. The summed E-state index contributed by atoms with van der Waals surface area (Å²) in [5.74, 6) is 0.725. The summed E-state index contributed by atoms with van der Waals surface area (Å²) in [6, 6.07) is 11.5. The molecule has 12 heteroatoms. The van der Waals surface area contributed by atoms with Crippen molar-refractivity contribution in [3.05, 3.63) is 59.0 Å². The fourth-order valence-corrected chi connectivity index (χ4v) is 6.04. The van der Waals surface area contributed by atoms with Gasteiger partial charge in [-0.2, -0.15) is 5.01 Å². The Kier molecular flexibility index (Phi) is 8.60. The number of nitrogens with zero attached hydrogens (tertiary/aromatic N) is 3. The van der Waals surface area contributed by atoms with E-state index in [1.54, 1.807) is 6.92 Å². The molecule has 0 saturated carbocycles. The minimum Gasteiger partial charge on any atom is -0.492 e. The minimum absolute atomic E-state index is 0.308. The molecular weight excluding hydrogens is 562 g/mol. The quantitative estimate of drug-likeness (QED) is 0.162. The van der Waals surface area contributed by atoms with Crippen molar-refractivity contribution in [2.45, 2.75) is 33.6 Å². The molecule has 0 spiro atoms. The maximum absolute atomic E-state index is 12.6. The van der Waals surface area contributed by atoms with E-state index in [0.29, 0.717) is 42.7 Å². The Morgan fingerprint density at radius 1 is 1.07 bits per heavy atom. The van der Waals surface area contributed by atoms with Crippen molar-refractivity contribution in [3.8, 4) is 26.9 Å². The molecule has 2 N–H and O–H groups in total. The monoisotopic (exact) mass is 591 g/mol.